The van der Waals surface area contributed by atoms with Gasteiger partial charge in [-0.15, -0.1) is 0 Å². The summed E-state index contributed by atoms with van der Waals surface area (Å²) >= 11 is 0. The van der Waals surface area contributed by atoms with E-state index in [1.165, 1.54) is 0 Å². The highest BCUT2D eigenvalue weighted by Gasteiger charge is 2.24. The highest BCUT2D eigenvalue weighted by atomic mass is 16.4. The van der Waals surface area contributed by atoms with Crippen molar-refractivity contribution in [2.75, 3.05) is 0 Å². The number of rotatable bonds is 6. The molecule has 4 N–H and O–H groups in total. The molecule has 18 heavy (non-hydrogen) atoms. The van der Waals surface area contributed by atoms with Crippen LogP contribution in [0.15, 0.2) is 30.3 Å². The van der Waals surface area contributed by atoms with Crippen molar-refractivity contribution in [2.24, 2.45) is 5.73 Å². The Labute approximate surface area is 106 Å². The lowest BCUT2D eigenvalue weighted by Gasteiger charge is -2.17. The maximum absolute atomic E-state index is 11.7. The molecule has 2 atom stereocenters. The molecule has 0 radical (unpaired) electrons. The van der Waals surface area contributed by atoms with Gasteiger partial charge in [0.1, 0.15) is 0 Å². The number of nitrogens with one attached hydrogen (secondary N) is 1. The van der Waals surface area contributed by atoms with E-state index in [4.69, 9.17) is 10.8 Å². The van der Waals surface area contributed by atoms with Gasteiger partial charge in [-0.3, -0.25) is 4.79 Å². The van der Waals surface area contributed by atoms with Crippen molar-refractivity contribution >= 4 is 11.9 Å². The minimum absolute atomic E-state index is 0.437. The van der Waals surface area contributed by atoms with Crippen molar-refractivity contribution in [3.05, 3.63) is 35.9 Å². The van der Waals surface area contributed by atoms with E-state index in [1.54, 1.807) is 30.3 Å². The van der Waals surface area contributed by atoms with E-state index >= 15 is 0 Å². The van der Waals surface area contributed by atoms with Crippen molar-refractivity contribution in [3.8, 4) is 0 Å². The molecule has 1 aromatic rings. The topological polar surface area (TPSA) is 92.4 Å². The Kier molecular flexibility index (Phi) is 5.32. The second-order valence-corrected chi connectivity index (χ2v) is 4.09. The molecule has 5 nitrogen and oxygen atoms in total. The zero-order valence-electron chi connectivity index (χ0n) is 10.3. The summed E-state index contributed by atoms with van der Waals surface area (Å²) < 4.78 is 0. The molecule has 1 unspecified atom stereocenters. The van der Waals surface area contributed by atoms with Crippen LogP contribution < -0.4 is 11.1 Å². The lowest BCUT2D eigenvalue weighted by molar-refractivity contribution is -0.142. The van der Waals surface area contributed by atoms with Crippen LogP contribution in [-0.2, 0) is 9.59 Å². The van der Waals surface area contributed by atoms with Gasteiger partial charge in [0.25, 0.3) is 0 Å². The maximum atomic E-state index is 11.7. The highest BCUT2D eigenvalue weighted by molar-refractivity contribution is 5.87. The van der Waals surface area contributed by atoms with Gasteiger partial charge in [-0.1, -0.05) is 43.7 Å². The van der Waals surface area contributed by atoms with Crippen molar-refractivity contribution in [2.45, 2.75) is 31.8 Å². The van der Waals surface area contributed by atoms with Crippen LogP contribution in [0, 0.1) is 0 Å². The smallest absolute Gasteiger partial charge is 0.330 e. The van der Waals surface area contributed by atoms with Gasteiger partial charge in [0.05, 0.1) is 6.04 Å². The predicted octanol–water partition coefficient (Wildman–Crippen LogP) is 1.06. The van der Waals surface area contributed by atoms with E-state index in [9.17, 15) is 9.59 Å². The number of carboxylic acids is 1. The fraction of sp³-hybridized carbons (Fsp3) is 0.385. The summed E-state index contributed by atoms with van der Waals surface area (Å²) in [6.45, 7) is 1.92. The number of hydrogen-bond donors (Lipinski definition) is 3. The Balaban J connectivity index is 2.76. The molecule has 0 saturated carbocycles. The third kappa shape index (κ3) is 3.85. The molecule has 98 valence electrons. The number of nitrogens with two attached hydrogens (primary N) is 1. The first kappa shape index (κ1) is 14.2. The quantitative estimate of drug-likeness (QED) is 0.703. The van der Waals surface area contributed by atoms with Gasteiger partial charge in [0, 0.05) is 0 Å². The van der Waals surface area contributed by atoms with Gasteiger partial charge in [0.2, 0.25) is 5.91 Å². The summed E-state index contributed by atoms with van der Waals surface area (Å²) in [7, 11) is 0. The fourth-order valence-electron chi connectivity index (χ4n) is 1.62. The van der Waals surface area contributed by atoms with Crippen LogP contribution in [0.1, 0.15) is 31.4 Å². The third-order valence-electron chi connectivity index (χ3n) is 2.60. The molecule has 0 aliphatic heterocycles. The number of carbonyl (C=O) groups excluding carboxylic acids is 1. The standard InChI is InChI=1S/C13H18N2O3/c1-2-6-10(14)12(16)15-11(13(17)18)9-7-4-3-5-8-9/h3-5,7-8,10-11H,2,6,14H2,1H3,(H,15,16)(H,17,18)/t10?,11-/m0/s1. The van der Waals surface area contributed by atoms with E-state index in [0.29, 0.717) is 12.0 Å². The monoisotopic (exact) mass is 250 g/mol. The van der Waals surface area contributed by atoms with Crippen LogP contribution in [0.4, 0.5) is 0 Å². The van der Waals surface area contributed by atoms with Gasteiger partial charge < -0.3 is 16.2 Å². The van der Waals surface area contributed by atoms with E-state index < -0.39 is 24.0 Å². The summed E-state index contributed by atoms with van der Waals surface area (Å²) in [5, 5.41) is 11.6. The first-order valence-electron chi connectivity index (χ1n) is 5.90. The fourth-order valence-corrected chi connectivity index (χ4v) is 1.62. The molecule has 0 spiro atoms. The zero-order chi connectivity index (χ0) is 13.5. The lowest BCUT2D eigenvalue weighted by Crippen LogP contribution is -2.44. The Morgan fingerprint density at radius 1 is 1.33 bits per heavy atom. The lowest BCUT2D eigenvalue weighted by atomic mass is 10.1. The zero-order valence-corrected chi connectivity index (χ0v) is 10.3. The summed E-state index contributed by atoms with van der Waals surface area (Å²) in [5.74, 6) is -1.54. The molecule has 0 heterocycles. The van der Waals surface area contributed by atoms with Crippen molar-refractivity contribution < 1.29 is 14.7 Å². The van der Waals surface area contributed by atoms with Crippen molar-refractivity contribution in [1.82, 2.24) is 5.32 Å². The Morgan fingerprint density at radius 3 is 2.44 bits per heavy atom. The van der Waals surface area contributed by atoms with E-state index in [2.05, 4.69) is 5.32 Å². The van der Waals surface area contributed by atoms with E-state index in [1.807, 2.05) is 6.92 Å². The number of hydrogen-bond acceptors (Lipinski definition) is 3. The van der Waals surface area contributed by atoms with Crippen molar-refractivity contribution in [3.63, 3.8) is 0 Å². The summed E-state index contributed by atoms with van der Waals surface area (Å²) in [6, 6.07) is 6.83. The van der Waals surface area contributed by atoms with Gasteiger partial charge in [0.15, 0.2) is 6.04 Å². The van der Waals surface area contributed by atoms with E-state index in [0.717, 1.165) is 6.42 Å². The first-order chi connectivity index (χ1) is 8.56. The maximum Gasteiger partial charge on any atom is 0.330 e. The summed E-state index contributed by atoms with van der Waals surface area (Å²) in [4.78, 5) is 22.9. The summed E-state index contributed by atoms with van der Waals surface area (Å²) in [5.41, 5.74) is 6.18. The third-order valence-corrected chi connectivity index (χ3v) is 2.60. The number of carboxylic acid groups (broad SMARTS) is 1. The Morgan fingerprint density at radius 2 is 1.94 bits per heavy atom. The van der Waals surface area contributed by atoms with Gasteiger partial charge in [-0.05, 0) is 12.0 Å². The number of amides is 1. The van der Waals surface area contributed by atoms with Gasteiger partial charge >= 0.3 is 5.97 Å². The molecule has 0 aliphatic carbocycles. The molecular weight excluding hydrogens is 232 g/mol. The number of carbonyl (C=O) groups is 2. The summed E-state index contributed by atoms with van der Waals surface area (Å²) in [6.07, 6.45) is 1.31. The molecule has 5 heteroatoms. The van der Waals surface area contributed by atoms with E-state index in [-0.39, 0.29) is 0 Å². The molecule has 1 rings (SSSR count). The first-order valence-corrected chi connectivity index (χ1v) is 5.90. The minimum Gasteiger partial charge on any atom is -0.479 e. The Bertz CT molecular complexity index is 406. The molecular formula is C13H18N2O3. The van der Waals surface area contributed by atoms with Gasteiger partial charge in [-0.2, -0.15) is 0 Å². The molecule has 1 aromatic carbocycles. The molecule has 0 aromatic heterocycles. The molecule has 0 aliphatic rings. The largest absolute Gasteiger partial charge is 0.479 e. The molecule has 0 saturated heterocycles. The van der Waals surface area contributed by atoms with Crippen LogP contribution in [0.25, 0.3) is 0 Å². The van der Waals surface area contributed by atoms with Crippen LogP contribution in [0.2, 0.25) is 0 Å². The minimum atomic E-state index is -1.10. The SMILES string of the molecule is CCCC(N)C(=O)N[C@H](C(=O)O)c1ccccc1. The van der Waals surface area contributed by atoms with Crippen LogP contribution in [0.5, 0.6) is 0 Å². The van der Waals surface area contributed by atoms with Gasteiger partial charge in [-0.25, -0.2) is 4.79 Å². The number of benzene rings is 1. The average molecular weight is 250 g/mol. The predicted molar refractivity (Wildman–Crippen MR) is 67.8 cm³/mol. The number of aliphatic carboxylic acids is 1. The molecule has 1 amide bonds. The molecule has 0 bridgehead atoms. The average Bonchev–Trinajstić information content (AvgIpc) is 2.36. The molecule has 0 fully saturated rings. The normalized spacial score (nSPS) is 13.7. The Hall–Kier alpha value is -1.88. The highest BCUT2D eigenvalue weighted by Crippen LogP contribution is 2.13. The second kappa shape index (κ2) is 6.76. The van der Waals surface area contributed by atoms with Crippen LogP contribution in [-0.4, -0.2) is 23.0 Å². The van der Waals surface area contributed by atoms with Crippen molar-refractivity contribution in [1.29, 1.82) is 0 Å². The second-order valence-electron chi connectivity index (χ2n) is 4.09. The van der Waals surface area contributed by atoms with Crippen LogP contribution >= 0.6 is 0 Å². The van der Waals surface area contributed by atoms with Crippen LogP contribution in [0.3, 0.4) is 0 Å².